The average Bonchev–Trinajstić information content (AvgIpc) is 2.22. The number of nitrogens with two attached hydrogens (primary N) is 1. The van der Waals surface area contributed by atoms with Crippen molar-refractivity contribution in [2.45, 2.75) is 19.4 Å². The van der Waals surface area contributed by atoms with Gasteiger partial charge in [-0.25, -0.2) is 13.2 Å². The number of primary amides is 1. The first-order chi connectivity index (χ1) is 7.95. The van der Waals surface area contributed by atoms with Gasteiger partial charge in [-0.1, -0.05) is 6.92 Å². The van der Waals surface area contributed by atoms with Crippen molar-refractivity contribution in [3.63, 3.8) is 0 Å². The van der Waals surface area contributed by atoms with Crippen LogP contribution in [0.25, 0.3) is 0 Å². The van der Waals surface area contributed by atoms with Crippen molar-refractivity contribution in [2.75, 3.05) is 6.54 Å². The zero-order valence-corrected chi connectivity index (χ0v) is 9.27. The molecule has 0 radical (unpaired) electrons. The Bertz CT molecular complexity index is 423. The van der Waals surface area contributed by atoms with Crippen LogP contribution >= 0.6 is 0 Å². The third-order valence-electron chi connectivity index (χ3n) is 2.27. The molecule has 0 aliphatic rings. The molecular formula is C11H13F3N2O. The zero-order chi connectivity index (χ0) is 13.0. The van der Waals surface area contributed by atoms with E-state index in [-0.39, 0.29) is 12.0 Å². The maximum Gasteiger partial charge on any atom is 0.219 e. The molecule has 6 heteroatoms. The molecule has 0 saturated heterocycles. The Kier molecular flexibility index (Phi) is 4.51. The summed E-state index contributed by atoms with van der Waals surface area (Å²) >= 11 is 0. The molecule has 1 rings (SSSR count). The van der Waals surface area contributed by atoms with E-state index in [4.69, 9.17) is 5.73 Å². The topological polar surface area (TPSA) is 55.1 Å². The molecule has 0 aliphatic heterocycles. The lowest BCUT2D eigenvalue weighted by Crippen LogP contribution is -2.27. The number of halogens is 3. The van der Waals surface area contributed by atoms with Crippen LogP contribution in [0.2, 0.25) is 0 Å². The van der Waals surface area contributed by atoms with Crippen molar-refractivity contribution in [2.24, 2.45) is 5.73 Å². The van der Waals surface area contributed by atoms with E-state index in [1.807, 2.05) is 0 Å². The van der Waals surface area contributed by atoms with Crippen LogP contribution in [0.3, 0.4) is 0 Å². The quantitative estimate of drug-likeness (QED) is 0.776. The Balaban J connectivity index is 3.08. The van der Waals surface area contributed by atoms with Crippen LogP contribution in [0.1, 0.15) is 24.9 Å². The molecule has 1 amide bonds. The lowest BCUT2D eigenvalue weighted by atomic mass is 10.0. The molecule has 0 spiro atoms. The standard InChI is InChI=1S/C11H13F3N2O/c1-2-16-10(5-11(15)17)6-3-8(13)9(14)4-7(6)12/h3-4,10,16H,2,5H2,1H3,(H2,15,17). The summed E-state index contributed by atoms with van der Waals surface area (Å²) < 4.78 is 39.2. The van der Waals surface area contributed by atoms with E-state index in [0.717, 1.165) is 6.07 Å². The minimum absolute atomic E-state index is 0.107. The average molecular weight is 246 g/mol. The molecule has 1 unspecified atom stereocenters. The minimum atomic E-state index is -1.26. The molecule has 0 aliphatic carbocycles. The Morgan fingerprint density at radius 2 is 1.88 bits per heavy atom. The van der Waals surface area contributed by atoms with E-state index in [0.29, 0.717) is 12.6 Å². The van der Waals surface area contributed by atoms with Crippen LogP contribution in [-0.4, -0.2) is 12.5 Å². The summed E-state index contributed by atoms with van der Waals surface area (Å²) in [5.41, 5.74) is 4.90. The van der Waals surface area contributed by atoms with Crippen molar-refractivity contribution >= 4 is 5.91 Å². The zero-order valence-electron chi connectivity index (χ0n) is 9.27. The van der Waals surface area contributed by atoms with Gasteiger partial charge in [0.2, 0.25) is 5.91 Å². The Morgan fingerprint density at radius 3 is 2.41 bits per heavy atom. The monoisotopic (exact) mass is 246 g/mol. The smallest absolute Gasteiger partial charge is 0.219 e. The van der Waals surface area contributed by atoms with E-state index in [2.05, 4.69) is 5.32 Å². The summed E-state index contributed by atoms with van der Waals surface area (Å²) in [5, 5.41) is 2.79. The Labute approximate surface area is 96.8 Å². The maximum absolute atomic E-state index is 13.5. The van der Waals surface area contributed by atoms with Gasteiger partial charge in [0, 0.05) is 24.1 Å². The van der Waals surface area contributed by atoms with Gasteiger partial charge in [0.1, 0.15) is 5.82 Å². The second-order valence-electron chi connectivity index (χ2n) is 3.57. The fraction of sp³-hybridized carbons (Fsp3) is 0.364. The summed E-state index contributed by atoms with van der Waals surface area (Å²) in [6.45, 7) is 2.18. The molecule has 0 bridgehead atoms. The van der Waals surface area contributed by atoms with Gasteiger partial charge < -0.3 is 11.1 Å². The van der Waals surface area contributed by atoms with E-state index >= 15 is 0 Å². The SMILES string of the molecule is CCNC(CC(N)=O)c1cc(F)c(F)cc1F. The van der Waals surface area contributed by atoms with Gasteiger partial charge in [0.05, 0.1) is 0 Å². The number of benzene rings is 1. The van der Waals surface area contributed by atoms with E-state index < -0.39 is 29.4 Å². The lowest BCUT2D eigenvalue weighted by molar-refractivity contribution is -0.118. The van der Waals surface area contributed by atoms with Gasteiger partial charge >= 0.3 is 0 Å². The van der Waals surface area contributed by atoms with Crippen LogP contribution in [0.15, 0.2) is 12.1 Å². The molecule has 17 heavy (non-hydrogen) atoms. The summed E-state index contributed by atoms with van der Waals surface area (Å²) in [6, 6.07) is 0.435. The third-order valence-corrected chi connectivity index (χ3v) is 2.27. The summed E-state index contributed by atoms with van der Waals surface area (Å²) in [4.78, 5) is 10.8. The van der Waals surface area contributed by atoms with Gasteiger partial charge in [-0.3, -0.25) is 4.79 Å². The summed E-state index contributed by atoms with van der Waals surface area (Å²) in [6.07, 6.45) is -0.185. The number of carbonyl (C=O) groups excluding carboxylic acids is 1. The molecule has 0 saturated carbocycles. The molecule has 1 aromatic rings. The van der Waals surface area contributed by atoms with Crippen LogP contribution in [0.4, 0.5) is 13.2 Å². The van der Waals surface area contributed by atoms with Crippen molar-refractivity contribution < 1.29 is 18.0 Å². The predicted molar refractivity (Wildman–Crippen MR) is 56.5 cm³/mol. The highest BCUT2D eigenvalue weighted by molar-refractivity contribution is 5.74. The number of hydrogen-bond donors (Lipinski definition) is 2. The fourth-order valence-corrected chi connectivity index (χ4v) is 1.54. The molecule has 3 N–H and O–H groups in total. The Morgan fingerprint density at radius 1 is 1.29 bits per heavy atom. The molecule has 0 aromatic heterocycles. The minimum Gasteiger partial charge on any atom is -0.370 e. The molecule has 0 heterocycles. The highest BCUT2D eigenvalue weighted by Gasteiger charge is 2.19. The van der Waals surface area contributed by atoms with Crippen LogP contribution in [-0.2, 0) is 4.79 Å². The van der Waals surface area contributed by atoms with Crippen LogP contribution in [0, 0.1) is 17.5 Å². The first kappa shape index (κ1) is 13.5. The molecule has 94 valence electrons. The lowest BCUT2D eigenvalue weighted by Gasteiger charge is -2.17. The molecule has 1 atom stereocenters. The van der Waals surface area contributed by atoms with Crippen molar-refractivity contribution in [1.29, 1.82) is 0 Å². The molecule has 0 fully saturated rings. The van der Waals surface area contributed by atoms with Crippen molar-refractivity contribution in [3.8, 4) is 0 Å². The second-order valence-corrected chi connectivity index (χ2v) is 3.57. The van der Waals surface area contributed by atoms with Crippen LogP contribution < -0.4 is 11.1 Å². The second kappa shape index (κ2) is 5.67. The predicted octanol–water partition coefficient (Wildman–Crippen LogP) is 1.63. The summed E-state index contributed by atoms with van der Waals surface area (Å²) in [5.74, 6) is -3.98. The van der Waals surface area contributed by atoms with Crippen LogP contribution in [0.5, 0.6) is 0 Å². The maximum atomic E-state index is 13.5. The largest absolute Gasteiger partial charge is 0.370 e. The summed E-state index contributed by atoms with van der Waals surface area (Å²) in [7, 11) is 0. The van der Waals surface area contributed by atoms with Crippen molar-refractivity contribution in [3.05, 3.63) is 35.1 Å². The molecule has 3 nitrogen and oxygen atoms in total. The highest BCUT2D eigenvalue weighted by atomic mass is 19.2. The van der Waals surface area contributed by atoms with Gasteiger partial charge in [0.25, 0.3) is 0 Å². The number of rotatable bonds is 5. The number of amides is 1. The number of carbonyl (C=O) groups is 1. The normalized spacial score (nSPS) is 12.5. The molecule has 1 aromatic carbocycles. The van der Waals surface area contributed by atoms with E-state index in [1.165, 1.54) is 0 Å². The van der Waals surface area contributed by atoms with Gasteiger partial charge in [-0.15, -0.1) is 0 Å². The number of nitrogens with one attached hydrogen (secondary N) is 1. The Hall–Kier alpha value is -1.56. The van der Waals surface area contributed by atoms with E-state index in [1.54, 1.807) is 6.92 Å². The van der Waals surface area contributed by atoms with Gasteiger partial charge in [0.15, 0.2) is 11.6 Å². The third kappa shape index (κ3) is 3.45. The van der Waals surface area contributed by atoms with E-state index in [9.17, 15) is 18.0 Å². The first-order valence-corrected chi connectivity index (χ1v) is 5.11. The van der Waals surface area contributed by atoms with Crippen molar-refractivity contribution in [1.82, 2.24) is 5.32 Å². The first-order valence-electron chi connectivity index (χ1n) is 5.11. The highest BCUT2D eigenvalue weighted by Crippen LogP contribution is 2.22. The molecular weight excluding hydrogens is 233 g/mol. The van der Waals surface area contributed by atoms with Gasteiger partial charge in [-0.2, -0.15) is 0 Å². The van der Waals surface area contributed by atoms with Gasteiger partial charge in [-0.05, 0) is 12.6 Å². The fourth-order valence-electron chi connectivity index (χ4n) is 1.54. The number of hydrogen-bond acceptors (Lipinski definition) is 2.